The molecule has 3 rings (SSSR count). The van der Waals surface area contributed by atoms with Gasteiger partial charge in [-0.15, -0.1) is 10.2 Å². The summed E-state index contributed by atoms with van der Waals surface area (Å²) in [5.74, 6) is 0.781. The number of thioether (sulfide) groups is 1. The highest BCUT2D eigenvalue weighted by Gasteiger charge is 2.19. The predicted octanol–water partition coefficient (Wildman–Crippen LogP) is 3.59. The number of hydrogen-bond acceptors (Lipinski definition) is 4. The quantitative estimate of drug-likeness (QED) is 0.677. The second-order valence-corrected chi connectivity index (χ2v) is 7.50. The lowest BCUT2D eigenvalue weighted by Gasteiger charge is -2.11. The number of benzene rings is 2. The Kier molecular flexibility index (Phi) is 5.73. The summed E-state index contributed by atoms with van der Waals surface area (Å²) in [5.41, 5.74) is 3.30. The van der Waals surface area contributed by atoms with Crippen LogP contribution in [0.15, 0.2) is 59.8 Å². The maximum atomic E-state index is 12.4. The summed E-state index contributed by atoms with van der Waals surface area (Å²) in [6.45, 7) is 4.46. The van der Waals surface area contributed by atoms with E-state index in [0.717, 1.165) is 22.1 Å². The van der Waals surface area contributed by atoms with Crippen LogP contribution in [0, 0.1) is 6.92 Å². The fraction of sp³-hybridized carbons (Fsp3) is 0.250. The normalized spacial score (nSPS) is 12.0. The molecule has 2 aromatic carbocycles. The average molecular weight is 366 g/mol. The van der Waals surface area contributed by atoms with Crippen LogP contribution in [-0.4, -0.2) is 25.9 Å². The van der Waals surface area contributed by atoms with Crippen molar-refractivity contribution >= 4 is 17.7 Å². The van der Waals surface area contributed by atoms with Gasteiger partial charge in [-0.1, -0.05) is 71.9 Å². The van der Waals surface area contributed by atoms with Crippen LogP contribution in [0.4, 0.5) is 0 Å². The maximum absolute atomic E-state index is 12.4. The Hall–Kier alpha value is -2.60. The lowest BCUT2D eigenvalue weighted by atomic mass is 10.1. The monoisotopic (exact) mass is 366 g/mol. The van der Waals surface area contributed by atoms with Gasteiger partial charge >= 0.3 is 0 Å². The van der Waals surface area contributed by atoms with Crippen LogP contribution < -0.4 is 5.32 Å². The second-order valence-electron chi connectivity index (χ2n) is 6.19. The van der Waals surface area contributed by atoms with E-state index < -0.39 is 0 Å². The number of aryl methyl sites for hydroxylation is 1. The largest absolute Gasteiger partial charge is 0.351 e. The molecule has 0 spiro atoms. The fourth-order valence-electron chi connectivity index (χ4n) is 2.51. The van der Waals surface area contributed by atoms with Gasteiger partial charge in [0.25, 0.3) is 0 Å². The van der Waals surface area contributed by atoms with E-state index in [1.54, 1.807) is 0 Å². The van der Waals surface area contributed by atoms with E-state index in [-0.39, 0.29) is 11.2 Å². The second kappa shape index (κ2) is 8.19. The number of nitrogens with one attached hydrogen (secondary N) is 1. The highest BCUT2D eigenvalue weighted by atomic mass is 32.2. The van der Waals surface area contributed by atoms with Crippen molar-refractivity contribution < 1.29 is 4.79 Å². The van der Waals surface area contributed by atoms with Gasteiger partial charge < -0.3 is 9.88 Å². The Balaban J connectivity index is 1.63. The smallest absolute Gasteiger partial charge is 0.233 e. The zero-order valence-corrected chi connectivity index (χ0v) is 16.0. The Morgan fingerprint density at radius 1 is 1.12 bits per heavy atom. The van der Waals surface area contributed by atoms with Crippen LogP contribution in [0.2, 0.25) is 0 Å². The molecule has 26 heavy (non-hydrogen) atoms. The van der Waals surface area contributed by atoms with Crippen molar-refractivity contribution in [3.05, 3.63) is 65.7 Å². The van der Waals surface area contributed by atoms with Gasteiger partial charge in [-0.05, 0) is 19.4 Å². The molecular formula is C20H22N4OS. The Morgan fingerprint density at radius 2 is 1.81 bits per heavy atom. The van der Waals surface area contributed by atoms with E-state index in [9.17, 15) is 4.79 Å². The molecule has 0 saturated carbocycles. The molecule has 1 heterocycles. The number of carbonyl (C=O) groups is 1. The Labute approximate surface area is 157 Å². The van der Waals surface area contributed by atoms with E-state index in [2.05, 4.69) is 34.6 Å². The number of hydrogen-bond donors (Lipinski definition) is 1. The molecule has 0 bridgehead atoms. The third-order valence-electron chi connectivity index (χ3n) is 4.11. The van der Waals surface area contributed by atoms with Gasteiger partial charge in [0.2, 0.25) is 5.91 Å². The van der Waals surface area contributed by atoms with E-state index in [0.29, 0.717) is 6.54 Å². The minimum absolute atomic E-state index is 0.0151. The summed E-state index contributed by atoms with van der Waals surface area (Å²) in [7, 11) is 1.92. The molecule has 3 aromatic rings. The molecular weight excluding hydrogens is 344 g/mol. The molecule has 6 heteroatoms. The van der Waals surface area contributed by atoms with Gasteiger partial charge in [-0.25, -0.2) is 0 Å². The van der Waals surface area contributed by atoms with Crippen molar-refractivity contribution in [1.82, 2.24) is 20.1 Å². The van der Waals surface area contributed by atoms with Crippen LogP contribution >= 0.6 is 11.8 Å². The highest BCUT2D eigenvalue weighted by molar-refractivity contribution is 8.00. The number of amides is 1. The first kappa shape index (κ1) is 18.2. The summed E-state index contributed by atoms with van der Waals surface area (Å²) in [5, 5.41) is 12.0. The van der Waals surface area contributed by atoms with Gasteiger partial charge in [0, 0.05) is 19.2 Å². The summed E-state index contributed by atoms with van der Waals surface area (Å²) in [6, 6.07) is 18.0. The highest BCUT2D eigenvalue weighted by Crippen LogP contribution is 2.25. The van der Waals surface area contributed by atoms with Crippen molar-refractivity contribution in [3.63, 3.8) is 0 Å². The lowest BCUT2D eigenvalue weighted by Crippen LogP contribution is -2.30. The van der Waals surface area contributed by atoms with Gasteiger partial charge in [0.15, 0.2) is 11.0 Å². The minimum Gasteiger partial charge on any atom is -0.351 e. The van der Waals surface area contributed by atoms with Crippen molar-refractivity contribution in [3.8, 4) is 11.4 Å². The summed E-state index contributed by atoms with van der Waals surface area (Å²) < 4.78 is 1.93. The summed E-state index contributed by atoms with van der Waals surface area (Å²) in [4.78, 5) is 12.4. The molecule has 0 aliphatic carbocycles. The van der Waals surface area contributed by atoms with E-state index in [1.165, 1.54) is 17.3 Å². The zero-order chi connectivity index (χ0) is 18.5. The first-order valence-corrected chi connectivity index (χ1v) is 9.37. The molecule has 1 atom stereocenters. The van der Waals surface area contributed by atoms with Gasteiger partial charge in [0.05, 0.1) is 5.25 Å². The Morgan fingerprint density at radius 3 is 2.50 bits per heavy atom. The van der Waals surface area contributed by atoms with Crippen molar-refractivity contribution in [2.45, 2.75) is 30.8 Å². The van der Waals surface area contributed by atoms with Gasteiger partial charge in [-0.3, -0.25) is 4.79 Å². The summed E-state index contributed by atoms with van der Waals surface area (Å²) in [6.07, 6.45) is 0. The standard InChI is InChI=1S/C20H22N4OS/c1-14-9-11-17(12-10-14)18-22-23-20(24(18)3)26-15(2)19(25)21-13-16-7-5-4-6-8-16/h4-12,15H,13H2,1-3H3,(H,21,25)/t15-/m0/s1. The number of carbonyl (C=O) groups excluding carboxylic acids is 1. The molecule has 0 fully saturated rings. The van der Waals surface area contributed by atoms with Crippen LogP contribution in [0.1, 0.15) is 18.1 Å². The number of aromatic nitrogens is 3. The maximum Gasteiger partial charge on any atom is 0.233 e. The molecule has 5 nitrogen and oxygen atoms in total. The molecule has 1 amide bonds. The fourth-order valence-corrected chi connectivity index (χ4v) is 3.35. The number of rotatable bonds is 6. The predicted molar refractivity (Wildman–Crippen MR) is 105 cm³/mol. The molecule has 0 radical (unpaired) electrons. The molecule has 1 N–H and O–H groups in total. The Bertz CT molecular complexity index is 875. The molecule has 134 valence electrons. The first-order valence-electron chi connectivity index (χ1n) is 8.49. The zero-order valence-electron chi connectivity index (χ0n) is 15.1. The molecule has 0 unspecified atom stereocenters. The van der Waals surface area contributed by atoms with Gasteiger partial charge in [0.1, 0.15) is 0 Å². The van der Waals surface area contributed by atoms with Crippen molar-refractivity contribution in [1.29, 1.82) is 0 Å². The third-order valence-corrected chi connectivity index (χ3v) is 5.24. The van der Waals surface area contributed by atoms with E-state index >= 15 is 0 Å². The molecule has 0 aliphatic heterocycles. The van der Waals surface area contributed by atoms with Crippen LogP contribution in [0.25, 0.3) is 11.4 Å². The minimum atomic E-state index is -0.257. The summed E-state index contributed by atoms with van der Waals surface area (Å²) >= 11 is 1.41. The van der Waals surface area contributed by atoms with Crippen LogP contribution in [-0.2, 0) is 18.4 Å². The molecule has 0 aliphatic rings. The first-order chi connectivity index (χ1) is 12.5. The third kappa shape index (κ3) is 4.32. The van der Waals surface area contributed by atoms with Gasteiger partial charge in [-0.2, -0.15) is 0 Å². The van der Waals surface area contributed by atoms with Crippen LogP contribution in [0.3, 0.4) is 0 Å². The van der Waals surface area contributed by atoms with Crippen molar-refractivity contribution in [2.75, 3.05) is 0 Å². The molecule has 1 aromatic heterocycles. The molecule has 0 saturated heterocycles. The van der Waals surface area contributed by atoms with Crippen LogP contribution in [0.5, 0.6) is 0 Å². The number of nitrogens with zero attached hydrogens (tertiary/aromatic N) is 3. The lowest BCUT2D eigenvalue weighted by molar-refractivity contribution is -0.120. The van der Waals surface area contributed by atoms with E-state index in [1.807, 2.05) is 61.0 Å². The topological polar surface area (TPSA) is 59.8 Å². The average Bonchev–Trinajstić information content (AvgIpc) is 3.01. The van der Waals surface area contributed by atoms with E-state index in [4.69, 9.17) is 0 Å². The van der Waals surface area contributed by atoms with Crippen molar-refractivity contribution in [2.24, 2.45) is 7.05 Å². The SMILES string of the molecule is Cc1ccc(-c2nnc(S[C@@H](C)C(=O)NCc3ccccc3)n2C)cc1.